The Morgan fingerprint density at radius 1 is 1.03 bits per heavy atom. The minimum absolute atomic E-state index is 0.143. The van der Waals surface area contributed by atoms with E-state index in [0.717, 1.165) is 28.0 Å². The summed E-state index contributed by atoms with van der Waals surface area (Å²) in [5.74, 6) is 0.683. The molecule has 0 aliphatic heterocycles. The number of benzene rings is 2. The van der Waals surface area contributed by atoms with Gasteiger partial charge in [0.2, 0.25) is 0 Å². The van der Waals surface area contributed by atoms with Crippen molar-refractivity contribution >= 4 is 27.5 Å². The fourth-order valence-electron chi connectivity index (χ4n) is 3.13. The lowest BCUT2D eigenvalue weighted by molar-refractivity contribution is -0.117. The number of thiazole rings is 1. The van der Waals surface area contributed by atoms with Crippen molar-refractivity contribution in [2.75, 3.05) is 19.8 Å². The minimum atomic E-state index is -0.143. The molecule has 5 nitrogen and oxygen atoms in total. The highest BCUT2D eigenvalue weighted by Gasteiger charge is 2.10. The molecule has 1 aromatic heterocycles. The van der Waals surface area contributed by atoms with E-state index in [1.807, 2.05) is 44.2 Å². The van der Waals surface area contributed by atoms with E-state index in [2.05, 4.69) is 28.6 Å². The van der Waals surface area contributed by atoms with E-state index in [4.69, 9.17) is 9.47 Å². The van der Waals surface area contributed by atoms with E-state index in [1.54, 1.807) is 0 Å². The van der Waals surface area contributed by atoms with Gasteiger partial charge in [-0.15, -0.1) is 0 Å². The van der Waals surface area contributed by atoms with Crippen molar-refractivity contribution in [2.45, 2.75) is 40.2 Å². The summed E-state index contributed by atoms with van der Waals surface area (Å²) in [6.45, 7) is 8.57. The predicted molar refractivity (Wildman–Crippen MR) is 118 cm³/mol. The molecule has 0 aliphatic rings. The second-order valence-electron chi connectivity index (χ2n) is 6.65. The molecule has 29 heavy (non-hydrogen) atoms. The average Bonchev–Trinajstić information content (AvgIpc) is 3.05. The van der Waals surface area contributed by atoms with Gasteiger partial charge in [-0.05, 0) is 49.6 Å². The number of aromatic nitrogens is 1. The summed E-state index contributed by atoms with van der Waals surface area (Å²) in [6, 6.07) is 14.1. The first-order chi connectivity index (χ1) is 14.1. The van der Waals surface area contributed by atoms with Gasteiger partial charge in [0.1, 0.15) is 5.75 Å². The molecule has 154 valence electrons. The Morgan fingerprint density at radius 3 is 2.48 bits per heavy atom. The zero-order valence-electron chi connectivity index (χ0n) is 17.3. The van der Waals surface area contributed by atoms with Crippen LogP contribution in [0.25, 0.3) is 10.2 Å². The second kappa shape index (κ2) is 10.4. The molecule has 0 fully saturated rings. The molecule has 0 radical (unpaired) electrons. The smallest absolute Gasteiger partial charge is 0.252 e. The number of rotatable bonds is 9. The van der Waals surface area contributed by atoms with Crippen molar-refractivity contribution in [3.63, 3.8) is 0 Å². The van der Waals surface area contributed by atoms with E-state index < -0.39 is 0 Å². The van der Waals surface area contributed by atoms with E-state index in [9.17, 15) is 4.79 Å². The molecule has 1 amide bonds. The lowest BCUT2D eigenvalue weighted by Crippen LogP contribution is -2.20. The number of aryl methyl sites for hydroxylation is 1. The van der Waals surface area contributed by atoms with Crippen LogP contribution in [-0.4, -0.2) is 30.3 Å². The Labute approximate surface area is 175 Å². The third kappa shape index (κ3) is 5.55. The Hall–Kier alpha value is -2.44. The Morgan fingerprint density at radius 2 is 1.79 bits per heavy atom. The van der Waals surface area contributed by atoms with Crippen LogP contribution in [0.3, 0.4) is 0 Å². The minimum Gasteiger partial charge on any atom is -0.494 e. The number of carbonyl (C=O) groups excluding carboxylic acids is 1. The molecule has 6 heteroatoms. The largest absolute Gasteiger partial charge is 0.494 e. The van der Waals surface area contributed by atoms with Crippen LogP contribution in [0.5, 0.6) is 5.75 Å². The molecule has 3 rings (SSSR count). The lowest BCUT2D eigenvalue weighted by Gasteiger charge is -2.06. The van der Waals surface area contributed by atoms with Crippen molar-refractivity contribution in [1.29, 1.82) is 0 Å². The van der Waals surface area contributed by atoms with Gasteiger partial charge in [-0.1, -0.05) is 42.5 Å². The van der Waals surface area contributed by atoms with E-state index in [-0.39, 0.29) is 5.91 Å². The van der Waals surface area contributed by atoms with Gasteiger partial charge in [0, 0.05) is 13.2 Å². The molecule has 0 saturated heterocycles. The molecule has 0 unspecified atom stereocenters. The quantitative estimate of drug-likeness (QED) is 0.491. The summed E-state index contributed by atoms with van der Waals surface area (Å²) >= 11 is 1.51. The van der Waals surface area contributed by atoms with Crippen LogP contribution in [0.15, 0.2) is 47.5 Å². The van der Waals surface area contributed by atoms with Crippen LogP contribution in [0.2, 0.25) is 0 Å². The monoisotopic (exact) mass is 412 g/mol. The third-order valence-electron chi connectivity index (χ3n) is 4.64. The zero-order chi connectivity index (χ0) is 20.6. The molecule has 0 spiro atoms. The maximum absolute atomic E-state index is 12.6. The maximum atomic E-state index is 12.6. The standard InChI is InChI=1S/C23H28N2O3S/c1-4-17-7-9-18(10-8-17)15-22(26)24-23-25(13-14-27-5-2)20-12-11-19(28-6-3)16-21(20)29-23/h7-12,16H,4-6,13-15H2,1-3H3. The van der Waals surface area contributed by atoms with Gasteiger partial charge in [0.25, 0.3) is 5.91 Å². The molecule has 3 aromatic rings. The molecule has 2 aromatic carbocycles. The molecular weight excluding hydrogens is 384 g/mol. The van der Waals surface area contributed by atoms with Crippen LogP contribution in [0.1, 0.15) is 31.9 Å². The highest BCUT2D eigenvalue weighted by Crippen LogP contribution is 2.23. The van der Waals surface area contributed by atoms with Crippen LogP contribution < -0.4 is 9.54 Å². The van der Waals surface area contributed by atoms with Crippen molar-refractivity contribution in [3.8, 4) is 5.75 Å². The van der Waals surface area contributed by atoms with E-state index in [1.165, 1.54) is 16.9 Å². The normalized spacial score (nSPS) is 11.9. The summed E-state index contributed by atoms with van der Waals surface area (Å²) in [6.07, 6.45) is 1.29. The number of hydrogen-bond acceptors (Lipinski definition) is 4. The summed E-state index contributed by atoms with van der Waals surface area (Å²) in [4.78, 5) is 17.8. The number of amides is 1. The van der Waals surface area contributed by atoms with Gasteiger partial charge in [0.15, 0.2) is 4.80 Å². The van der Waals surface area contributed by atoms with Gasteiger partial charge in [-0.25, -0.2) is 0 Å². The fraction of sp³-hybridized carbons (Fsp3) is 0.391. The topological polar surface area (TPSA) is 52.8 Å². The number of hydrogen-bond donors (Lipinski definition) is 0. The summed E-state index contributed by atoms with van der Waals surface area (Å²) in [5.41, 5.74) is 3.29. The highest BCUT2D eigenvalue weighted by molar-refractivity contribution is 7.16. The van der Waals surface area contributed by atoms with E-state index in [0.29, 0.717) is 37.6 Å². The Bertz CT molecular complexity index is 1020. The van der Waals surface area contributed by atoms with Gasteiger partial charge < -0.3 is 14.0 Å². The molecule has 0 saturated carbocycles. The summed E-state index contributed by atoms with van der Waals surface area (Å²) in [5, 5.41) is 0. The Kier molecular flexibility index (Phi) is 7.61. The molecule has 0 N–H and O–H groups in total. The SMILES string of the molecule is CCOCCn1c(=NC(=O)Cc2ccc(CC)cc2)sc2cc(OCC)ccc21. The zero-order valence-corrected chi connectivity index (χ0v) is 18.1. The van der Waals surface area contributed by atoms with Gasteiger partial charge in [-0.2, -0.15) is 4.99 Å². The predicted octanol–water partition coefficient (Wildman–Crippen LogP) is 4.37. The maximum Gasteiger partial charge on any atom is 0.252 e. The van der Waals surface area contributed by atoms with Gasteiger partial charge >= 0.3 is 0 Å². The van der Waals surface area contributed by atoms with Crippen molar-refractivity contribution in [3.05, 3.63) is 58.4 Å². The molecular formula is C23H28N2O3S. The van der Waals surface area contributed by atoms with E-state index >= 15 is 0 Å². The number of nitrogens with zero attached hydrogens (tertiary/aromatic N) is 2. The average molecular weight is 413 g/mol. The molecule has 0 atom stereocenters. The first kappa shape index (κ1) is 21.3. The van der Waals surface area contributed by atoms with Gasteiger partial charge in [0.05, 0.1) is 29.9 Å². The van der Waals surface area contributed by atoms with Crippen LogP contribution in [0.4, 0.5) is 0 Å². The third-order valence-corrected chi connectivity index (χ3v) is 5.68. The molecule has 0 bridgehead atoms. The second-order valence-corrected chi connectivity index (χ2v) is 7.66. The number of ether oxygens (including phenoxy) is 2. The van der Waals surface area contributed by atoms with Crippen LogP contribution in [-0.2, 0) is 28.9 Å². The molecule has 0 aliphatic carbocycles. The van der Waals surface area contributed by atoms with Gasteiger partial charge in [-0.3, -0.25) is 4.79 Å². The number of fused-ring (bicyclic) bond motifs is 1. The molecule has 1 heterocycles. The lowest BCUT2D eigenvalue weighted by atomic mass is 10.1. The summed E-state index contributed by atoms with van der Waals surface area (Å²) in [7, 11) is 0. The van der Waals surface area contributed by atoms with Crippen LogP contribution in [0, 0.1) is 0 Å². The van der Waals surface area contributed by atoms with Crippen molar-refractivity contribution < 1.29 is 14.3 Å². The summed E-state index contributed by atoms with van der Waals surface area (Å²) < 4.78 is 14.3. The van der Waals surface area contributed by atoms with Crippen molar-refractivity contribution in [1.82, 2.24) is 4.57 Å². The van der Waals surface area contributed by atoms with Crippen LogP contribution >= 0.6 is 11.3 Å². The van der Waals surface area contributed by atoms with Crippen molar-refractivity contribution in [2.24, 2.45) is 4.99 Å². The first-order valence-corrected chi connectivity index (χ1v) is 11.0. The number of carbonyl (C=O) groups is 1. The highest BCUT2D eigenvalue weighted by atomic mass is 32.1. The Balaban J connectivity index is 1.91. The fourth-order valence-corrected chi connectivity index (χ4v) is 4.23. The first-order valence-electron chi connectivity index (χ1n) is 10.1.